The maximum absolute atomic E-state index is 12.9. The molecule has 0 heterocycles. The zero-order valence-corrected chi connectivity index (χ0v) is 16.0. The minimum atomic E-state index is -0.756. The van der Waals surface area contributed by atoms with Crippen LogP contribution in [0.4, 0.5) is 4.39 Å². The van der Waals surface area contributed by atoms with E-state index in [0.717, 1.165) is 5.56 Å². The average Bonchev–Trinajstić information content (AvgIpc) is 2.65. The molecule has 0 spiro atoms. The van der Waals surface area contributed by atoms with Crippen molar-refractivity contribution in [1.82, 2.24) is 10.2 Å². The van der Waals surface area contributed by atoms with E-state index in [1.165, 1.54) is 17.0 Å². The number of halogens is 2. The van der Waals surface area contributed by atoms with Gasteiger partial charge in [-0.2, -0.15) is 0 Å². The first kappa shape index (κ1) is 20.7. The number of likely N-dealkylation sites (N-methyl/N-ethyl adjacent to an activating group) is 1. The number of hydrogen-bond donors (Lipinski definition) is 1. The minimum absolute atomic E-state index is 0.0836. The van der Waals surface area contributed by atoms with Crippen LogP contribution >= 0.6 is 11.6 Å². The molecule has 0 bridgehead atoms. The van der Waals surface area contributed by atoms with Crippen LogP contribution in [0.5, 0.6) is 5.75 Å². The van der Waals surface area contributed by atoms with Crippen molar-refractivity contribution >= 4 is 23.4 Å². The Morgan fingerprint density at radius 1 is 1.22 bits per heavy atom. The molecule has 1 N–H and O–H groups in total. The Hall–Kier alpha value is -2.60. The van der Waals surface area contributed by atoms with Gasteiger partial charge in [0.25, 0.3) is 5.91 Å². The van der Waals surface area contributed by atoms with E-state index in [0.29, 0.717) is 17.3 Å². The molecule has 0 aromatic heterocycles. The molecule has 27 heavy (non-hydrogen) atoms. The summed E-state index contributed by atoms with van der Waals surface area (Å²) in [6.45, 7) is 3.96. The van der Waals surface area contributed by atoms with Gasteiger partial charge in [-0.1, -0.05) is 29.8 Å². The SMILES string of the molecule is CCN(CC(=O)NCc1ccc(F)cc1)C(=O)[C@@H](C)Oc1cccc(Cl)c1. The van der Waals surface area contributed by atoms with Gasteiger partial charge in [0.2, 0.25) is 5.91 Å². The minimum Gasteiger partial charge on any atom is -0.481 e. The average molecular weight is 393 g/mol. The Kier molecular flexibility index (Phi) is 7.61. The molecule has 2 rings (SSSR count). The fraction of sp³-hybridized carbons (Fsp3) is 0.300. The molecular weight excluding hydrogens is 371 g/mol. The van der Waals surface area contributed by atoms with Crippen molar-refractivity contribution in [2.45, 2.75) is 26.5 Å². The van der Waals surface area contributed by atoms with Crippen LogP contribution in [0.25, 0.3) is 0 Å². The first-order chi connectivity index (χ1) is 12.9. The van der Waals surface area contributed by atoms with Crippen LogP contribution in [-0.2, 0) is 16.1 Å². The standard InChI is InChI=1S/C20H22ClFN2O3/c1-3-24(13-19(25)23-12-15-7-9-17(22)10-8-15)20(26)14(2)27-18-6-4-5-16(21)11-18/h4-11,14H,3,12-13H2,1-2H3,(H,23,25)/t14-/m1/s1. The monoisotopic (exact) mass is 392 g/mol. The number of amides is 2. The molecule has 1 atom stereocenters. The number of nitrogens with one attached hydrogen (secondary N) is 1. The molecule has 2 aromatic rings. The summed E-state index contributed by atoms with van der Waals surface area (Å²) in [5.74, 6) is -0.444. The van der Waals surface area contributed by atoms with Gasteiger partial charge in [-0.15, -0.1) is 0 Å². The highest BCUT2D eigenvalue weighted by molar-refractivity contribution is 6.30. The van der Waals surface area contributed by atoms with Crippen molar-refractivity contribution in [1.29, 1.82) is 0 Å². The molecule has 0 fully saturated rings. The van der Waals surface area contributed by atoms with Crippen molar-refractivity contribution in [3.63, 3.8) is 0 Å². The Morgan fingerprint density at radius 3 is 2.56 bits per heavy atom. The second-order valence-electron chi connectivity index (χ2n) is 5.97. The van der Waals surface area contributed by atoms with E-state index in [1.807, 2.05) is 0 Å². The molecule has 0 saturated carbocycles. The molecule has 2 amide bonds. The number of carbonyl (C=O) groups is 2. The van der Waals surface area contributed by atoms with Gasteiger partial charge < -0.3 is 15.0 Å². The van der Waals surface area contributed by atoms with Crippen molar-refractivity contribution in [3.8, 4) is 5.75 Å². The highest BCUT2D eigenvalue weighted by atomic mass is 35.5. The largest absolute Gasteiger partial charge is 0.481 e. The quantitative estimate of drug-likeness (QED) is 0.749. The van der Waals surface area contributed by atoms with Gasteiger partial charge in [0.05, 0.1) is 6.54 Å². The van der Waals surface area contributed by atoms with Crippen LogP contribution in [0.3, 0.4) is 0 Å². The van der Waals surface area contributed by atoms with Gasteiger partial charge in [0, 0.05) is 18.1 Å². The molecule has 5 nitrogen and oxygen atoms in total. The Balaban J connectivity index is 1.87. The van der Waals surface area contributed by atoms with E-state index in [9.17, 15) is 14.0 Å². The van der Waals surface area contributed by atoms with Gasteiger partial charge in [-0.25, -0.2) is 4.39 Å². The molecule has 0 aliphatic heterocycles. The van der Waals surface area contributed by atoms with E-state index < -0.39 is 6.10 Å². The number of rotatable bonds is 8. The van der Waals surface area contributed by atoms with E-state index >= 15 is 0 Å². The predicted octanol–water partition coefficient (Wildman–Crippen LogP) is 3.41. The van der Waals surface area contributed by atoms with Gasteiger partial charge in [-0.3, -0.25) is 9.59 Å². The van der Waals surface area contributed by atoms with Crippen LogP contribution in [0, 0.1) is 5.82 Å². The number of benzene rings is 2. The molecule has 2 aromatic carbocycles. The lowest BCUT2D eigenvalue weighted by molar-refractivity contribution is -0.141. The lowest BCUT2D eigenvalue weighted by Gasteiger charge is -2.24. The number of carbonyl (C=O) groups excluding carboxylic acids is 2. The third kappa shape index (κ3) is 6.57. The number of ether oxygens (including phenoxy) is 1. The van der Waals surface area contributed by atoms with Crippen molar-refractivity contribution < 1.29 is 18.7 Å². The number of hydrogen-bond acceptors (Lipinski definition) is 3. The van der Waals surface area contributed by atoms with Gasteiger partial charge in [0.1, 0.15) is 11.6 Å². The molecule has 0 saturated heterocycles. The molecule has 0 unspecified atom stereocenters. The van der Waals surface area contributed by atoms with Crippen LogP contribution in [0.15, 0.2) is 48.5 Å². The van der Waals surface area contributed by atoms with Crippen LogP contribution in [0.1, 0.15) is 19.4 Å². The van der Waals surface area contributed by atoms with Gasteiger partial charge in [-0.05, 0) is 49.7 Å². The summed E-state index contributed by atoms with van der Waals surface area (Å²) in [5, 5.41) is 3.23. The van der Waals surface area contributed by atoms with Crippen LogP contribution < -0.4 is 10.1 Å². The zero-order valence-electron chi connectivity index (χ0n) is 15.2. The maximum atomic E-state index is 12.9. The third-order valence-electron chi connectivity index (χ3n) is 3.89. The number of nitrogens with zero attached hydrogens (tertiary/aromatic N) is 1. The molecular formula is C20H22ClFN2O3. The van der Waals surface area contributed by atoms with Crippen LogP contribution in [0.2, 0.25) is 5.02 Å². The van der Waals surface area contributed by atoms with E-state index in [4.69, 9.17) is 16.3 Å². The van der Waals surface area contributed by atoms with Crippen molar-refractivity contribution in [2.75, 3.05) is 13.1 Å². The van der Waals surface area contributed by atoms with E-state index in [2.05, 4.69) is 5.32 Å². The summed E-state index contributed by atoms with van der Waals surface area (Å²) in [5.41, 5.74) is 0.775. The molecule has 0 aliphatic rings. The Bertz CT molecular complexity index is 783. The van der Waals surface area contributed by atoms with Gasteiger partial charge in [0.15, 0.2) is 6.10 Å². The summed E-state index contributed by atoms with van der Waals surface area (Å²) in [7, 11) is 0. The fourth-order valence-electron chi connectivity index (χ4n) is 2.43. The first-order valence-electron chi connectivity index (χ1n) is 8.61. The zero-order chi connectivity index (χ0) is 19.8. The van der Waals surface area contributed by atoms with Crippen molar-refractivity contribution in [2.24, 2.45) is 0 Å². The second kappa shape index (κ2) is 9.92. The molecule has 0 aliphatic carbocycles. The van der Waals surface area contributed by atoms with E-state index in [-0.39, 0.29) is 30.7 Å². The van der Waals surface area contributed by atoms with Crippen LogP contribution in [-0.4, -0.2) is 35.9 Å². The Labute approximate surface area is 163 Å². The smallest absolute Gasteiger partial charge is 0.263 e. The summed E-state index contributed by atoms with van der Waals surface area (Å²) < 4.78 is 18.5. The normalized spacial score (nSPS) is 11.6. The maximum Gasteiger partial charge on any atom is 0.263 e. The highest BCUT2D eigenvalue weighted by Gasteiger charge is 2.23. The summed E-state index contributed by atoms with van der Waals surface area (Å²) in [6.07, 6.45) is -0.756. The third-order valence-corrected chi connectivity index (χ3v) is 4.12. The van der Waals surface area contributed by atoms with Crippen molar-refractivity contribution in [3.05, 3.63) is 64.9 Å². The highest BCUT2D eigenvalue weighted by Crippen LogP contribution is 2.18. The van der Waals surface area contributed by atoms with Gasteiger partial charge >= 0.3 is 0 Å². The Morgan fingerprint density at radius 2 is 1.93 bits per heavy atom. The lowest BCUT2D eigenvalue weighted by atomic mass is 10.2. The topological polar surface area (TPSA) is 58.6 Å². The summed E-state index contributed by atoms with van der Waals surface area (Å²) in [6, 6.07) is 12.6. The summed E-state index contributed by atoms with van der Waals surface area (Å²) in [4.78, 5) is 26.1. The molecule has 144 valence electrons. The fourth-order valence-corrected chi connectivity index (χ4v) is 2.61. The lowest BCUT2D eigenvalue weighted by Crippen LogP contribution is -2.45. The second-order valence-corrected chi connectivity index (χ2v) is 6.41. The molecule has 7 heteroatoms. The van der Waals surface area contributed by atoms with E-state index in [1.54, 1.807) is 50.2 Å². The molecule has 0 radical (unpaired) electrons. The summed E-state index contributed by atoms with van der Waals surface area (Å²) >= 11 is 5.91. The first-order valence-corrected chi connectivity index (χ1v) is 8.99. The predicted molar refractivity (Wildman–Crippen MR) is 102 cm³/mol.